The van der Waals surface area contributed by atoms with E-state index in [2.05, 4.69) is 39.6 Å². The molecule has 0 fully saturated rings. The molecule has 2 N–H and O–H groups in total. The molecule has 0 bridgehead atoms. The first-order valence-corrected chi connectivity index (χ1v) is 6.12. The molecule has 3 rings (SSSR count). The van der Waals surface area contributed by atoms with E-state index in [-0.39, 0.29) is 0 Å². The molecule has 2 aromatic rings. The van der Waals surface area contributed by atoms with Gasteiger partial charge in [-0.2, -0.15) is 0 Å². The quantitative estimate of drug-likeness (QED) is 0.833. The lowest BCUT2D eigenvalue weighted by atomic mass is 10.2. The minimum atomic E-state index is 0.798. The maximum atomic E-state index is 4.58. The first-order chi connectivity index (χ1) is 8.92. The van der Waals surface area contributed by atoms with Crippen molar-refractivity contribution in [3.63, 3.8) is 0 Å². The Labute approximate surface area is 106 Å². The lowest BCUT2D eigenvalue weighted by molar-refractivity contribution is 0.785. The highest BCUT2D eigenvalue weighted by Crippen LogP contribution is 2.02. The van der Waals surface area contributed by atoms with E-state index in [1.54, 1.807) is 0 Å². The highest BCUT2D eigenvalue weighted by Gasteiger charge is 1.99. The smallest absolute Gasteiger partial charge is 0.139 e. The zero-order valence-electron chi connectivity index (χ0n) is 10.1. The SMILES string of the molecule is C1=C(NCc2ccccc2)N=c2[nH]ccc2=CC1. The molecule has 1 aliphatic rings. The summed E-state index contributed by atoms with van der Waals surface area (Å²) in [6.07, 6.45) is 7.11. The van der Waals surface area contributed by atoms with Crippen LogP contribution in [0.2, 0.25) is 0 Å². The van der Waals surface area contributed by atoms with Gasteiger partial charge in [-0.05, 0) is 24.1 Å². The Bertz CT molecular complexity index is 665. The molecule has 3 heteroatoms. The number of fused-ring (bicyclic) bond motifs is 1. The van der Waals surface area contributed by atoms with Crippen molar-refractivity contribution in [2.24, 2.45) is 4.99 Å². The summed E-state index contributed by atoms with van der Waals surface area (Å²) in [7, 11) is 0. The van der Waals surface area contributed by atoms with Gasteiger partial charge in [-0.25, -0.2) is 4.99 Å². The maximum Gasteiger partial charge on any atom is 0.139 e. The largest absolute Gasteiger partial charge is 0.366 e. The van der Waals surface area contributed by atoms with Gasteiger partial charge in [0.05, 0.1) is 0 Å². The minimum Gasteiger partial charge on any atom is -0.366 e. The predicted octanol–water partition coefficient (Wildman–Crippen LogP) is 1.45. The Morgan fingerprint density at radius 2 is 2.00 bits per heavy atom. The number of allylic oxidation sites excluding steroid dienone is 1. The molecule has 0 radical (unpaired) electrons. The van der Waals surface area contributed by atoms with E-state index in [0.717, 1.165) is 24.3 Å². The monoisotopic (exact) mass is 237 g/mol. The zero-order chi connectivity index (χ0) is 12.2. The topological polar surface area (TPSA) is 40.2 Å². The fraction of sp³-hybridized carbons (Fsp3) is 0.133. The van der Waals surface area contributed by atoms with Crippen LogP contribution in [0.5, 0.6) is 0 Å². The molecule has 0 unspecified atom stereocenters. The van der Waals surface area contributed by atoms with Crippen LogP contribution < -0.4 is 16.0 Å². The number of hydrogen-bond donors (Lipinski definition) is 2. The summed E-state index contributed by atoms with van der Waals surface area (Å²) < 4.78 is 0. The normalized spacial score (nSPS) is 13.7. The van der Waals surface area contributed by atoms with Gasteiger partial charge in [0.1, 0.15) is 11.3 Å². The maximum absolute atomic E-state index is 4.58. The number of aromatic amines is 1. The van der Waals surface area contributed by atoms with Crippen molar-refractivity contribution in [1.29, 1.82) is 0 Å². The van der Waals surface area contributed by atoms with Gasteiger partial charge in [-0.15, -0.1) is 0 Å². The van der Waals surface area contributed by atoms with Gasteiger partial charge in [0.2, 0.25) is 0 Å². The van der Waals surface area contributed by atoms with Crippen LogP contribution in [0.1, 0.15) is 12.0 Å². The Morgan fingerprint density at radius 1 is 1.11 bits per heavy atom. The summed E-state index contributed by atoms with van der Waals surface area (Å²) in [6.45, 7) is 0.798. The van der Waals surface area contributed by atoms with E-state index in [9.17, 15) is 0 Å². The van der Waals surface area contributed by atoms with E-state index >= 15 is 0 Å². The molecule has 2 heterocycles. The second kappa shape index (κ2) is 4.92. The van der Waals surface area contributed by atoms with Gasteiger partial charge in [0.15, 0.2) is 0 Å². The molecule has 0 aliphatic carbocycles. The first-order valence-electron chi connectivity index (χ1n) is 6.12. The molecule has 0 saturated carbocycles. The molecule has 1 aliphatic heterocycles. The summed E-state index contributed by atoms with van der Waals surface area (Å²) >= 11 is 0. The van der Waals surface area contributed by atoms with E-state index in [1.165, 1.54) is 10.8 Å². The Hall–Kier alpha value is -2.29. The lowest BCUT2D eigenvalue weighted by Crippen LogP contribution is -2.23. The van der Waals surface area contributed by atoms with Crippen molar-refractivity contribution in [3.8, 4) is 0 Å². The van der Waals surface area contributed by atoms with Crippen LogP contribution in [0, 0.1) is 0 Å². The van der Waals surface area contributed by atoms with Crippen molar-refractivity contribution in [2.75, 3.05) is 0 Å². The predicted molar refractivity (Wildman–Crippen MR) is 72.0 cm³/mol. The number of aromatic nitrogens is 1. The lowest BCUT2D eigenvalue weighted by Gasteiger charge is -2.05. The second-order valence-electron chi connectivity index (χ2n) is 4.26. The Kier molecular flexibility index (Phi) is 2.96. The molecule has 90 valence electrons. The van der Waals surface area contributed by atoms with Crippen LogP contribution in [-0.2, 0) is 6.54 Å². The Morgan fingerprint density at radius 3 is 2.89 bits per heavy atom. The number of nitrogens with one attached hydrogen (secondary N) is 2. The van der Waals surface area contributed by atoms with Crippen LogP contribution in [0.15, 0.2) is 59.5 Å². The van der Waals surface area contributed by atoms with Gasteiger partial charge >= 0.3 is 0 Å². The first kappa shape index (κ1) is 10.8. The van der Waals surface area contributed by atoms with Gasteiger partial charge in [0.25, 0.3) is 0 Å². The van der Waals surface area contributed by atoms with Crippen molar-refractivity contribution < 1.29 is 0 Å². The highest BCUT2D eigenvalue weighted by molar-refractivity contribution is 5.28. The van der Waals surface area contributed by atoms with Crippen molar-refractivity contribution in [1.82, 2.24) is 10.3 Å². The fourth-order valence-electron chi connectivity index (χ4n) is 2.00. The molecule has 0 amide bonds. The van der Waals surface area contributed by atoms with Crippen LogP contribution in [0.4, 0.5) is 0 Å². The number of benzene rings is 1. The summed E-state index contributed by atoms with van der Waals surface area (Å²) in [4.78, 5) is 7.72. The summed E-state index contributed by atoms with van der Waals surface area (Å²) in [6, 6.07) is 12.4. The zero-order valence-corrected chi connectivity index (χ0v) is 10.1. The Balaban J connectivity index is 1.76. The third-order valence-corrected chi connectivity index (χ3v) is 2.95. The van der Waals surface area contributed by atoms with Crippen molar-refractivity contribution in [3.05, 3.63) is 70.8 Å². The number of hydrogen-bond acceptors (Lipinski definition) is 2. The van der Waals surface area contributed by atoms with E-state index in [4.69, 9.17) is 0 Å². The third-order valence-electron chi connectivity index (χ3n) is 2.95. The highest BCUT2D eigenvalue weighted by atomic mass is 15.0. The van der Waals surface area contributed by atoms with E-state index < -0.39 is 0 Å². The van der Waals surface area contributed by atoms with Gasteiger partial charge in [0, 0.05) is 18.0 Å². The molecule has 3 nitrogen and oxygen atoms in total. The average molecular weight is 237 g/mol. The molecular formula is C15H15N3. The third kappa shape index (κ3) is 2.35. The standard InChI is InChI=1S/C15H15N3/c1-2-5-12(6-3-1)11-17-14-8-4-7-13-9-10-16-15(13)18-14/h1-3,5-10,17H,4,11H2,(H,16,18). The van der Waals surface area contributed by atoms with Crippen LogP contribution in [0.3, 0.4) is 0 Å². The molecular weight excluding hydrogens is 222 g/mol. The van der Waals surface area contributed by atoms with E-state index in [1.807, 2.05) is 30.5 Å². The molecule has 1 aromatic carbocycles. The van der Waals surface area contributed by atoms with Crippen LogP contribution >= 0.6 is 0 Å². The number of rotatable bonds is 3. The van der Waals surface area contributed by atoms with E-state index in [0.29, 0.717) is 0 Å². The molecule has 18 heavy (non-hydrogen) atoms. The van der Waals surface area contributed by atoms with Gasteiger partial charge < -0.3 is 10.3 Å². The number of H-pyrrole nitrogens is 1. The fourth-order valence-corrected chi connectivity index (χ4v) is 2.00. The second-order valence-corrected chi connectivity index (χ2v) is 4.26. The summed E-state index contributed by atoms with van der Waals surface area (Å²) in [5.74, 6) is 0.927. The van der Waals surface area contributed by atoms with Crippen LogP contribution in [0.25, 0.3) is 6.08 Å². The molecule has 1 aromatic heterocycles. The van der Waals surface area contributed by atoms with Crippen LogP contribution in [-0.4, -0.2) is 4.98 Å². The molecule has 0 saturated heterocycles. The van der Waals surface area contributed by atoms with Gasteiger partial charge in [-0.3, -0.25) is 0 Å². The molecule has 0 spiro atoms. The van der Waals surface area contributed by atoms with Crippen molar-refractivity contribution >= 4 is 6.08 Å². The average Bonchev–Trinajstić information content (AvgIpc) is 2.76. The molecule has 0 atom stereocenters. The number of nitrogens with zero attached hydrogens (tertiary/aromatic N) is 1. The summed E-state index contributed by atoms with van der Waals surface area (Å²) in [5, 5.41) is 4.53. The van der Waals surface area contributed by atoms with Crippen molar-refractivity contribution in [2.45, 2.75) is 13.0 Å². The minimum absolute atomic E-state index is 0.798. The van der Waals surface area contributed by atoms with Gasteiger partial charge in [-0.1, -0.05) is 36.4 Å². The summed E-state index contributed by atoms with van der Waals surface area (Å²) in [5.41, 5.74) is 2.19.